The highest BCUT2D eigenvalue weighted by atomic mass is 16.5. The van der Waals surface area contributed by atoms with Crippen molar-refractivity contribution in [2.45, 2.75) is 20.8 Å². The molecule has 0 fully saturated rings. The molecule has 0 aliphatic carbocycles. The van der Waals surface area contributed by atoms with Crippen molar-refractivity contribution in [1.82, 2.24) is 9.97 Å². The van der Waals surface area contributed by atoms with E-state index in [9.17, 15) is 4.79 Å². The summed E-state index contributed by atoms with van der Waals surface area (Å²) in [5, 5.41) is 0. The molecule has 0 radical (unpaired) electrons. The van der Waals surface area contributed by atoms with Crippen molar-refractivity contribution < 1.29 is 9.53 Å². The number of carbonyl (C=O) groups is 1. The Morgan fingerprint density at radius 2 is 1.95 bits per heavy atom. The molecule has 0 aliphatic heterocycles. The Morgan fingerprint density at radius 1 is 1.25 bits per heavy atom. The smallest absolute Gasteiger partial charge is 0.343 e. The van der Waals surface area contributed by atoms with Gasteiger partial charge >= 0.3 is 5.97 Å². The third-order valence-corrected chi connectivity index (χ3v) is 2.98. The third-order valence-electron chi connectivity index (χ3n) is 2.98. The van der Waals surface area contributed by atoms with Gasteiger partial charge in [-0.3, -0.25) is 0 Å². The van der Waals surface area contributed by atoms with Gasteiger partial charge in [0.25, 0.3) is 0 Å². The summed E-state index contributed by atoms with van der Waals surface area (Å²) in [7, 11) is 0. The zero-order valence-corrected chi connectivity index (χ0v) is 11.8. The molecule has 1 aromatic heterocycles. The van der Waals surface area contributed by atoms with Crippen molar-refractivity contribution in [3.63, 3.8) is 0 Å². The molecule has 104 valence electrons. The van der Waals surface area contributed by atoms with Gasteiger partial charge in [0.2, 0.25) is 0 Å². The normalized spacial score (nSPS) is 10.3. The third kappa shape index (κ3) is 2.61. The summed E-state index contributed by atoms with van der Waals surface area (Å²) in [4.78, 5) is 20.4. The lowest BCUT2D eigenvalue weighted by molar-refractivity contribution is 0.0526. The Kier molecular flexibility index (Phi) is 3.98. The van der Waals surface area contributed by atoms with Gasteiger partial charge in [0.1, 0.15) is 11.4 Å². The minimum absolute atomic E-state index is 0.147. The maximum atomic E-state index is 11.8. The molecule has 0 spiro atoms. The van der Waals surface area contributed by atoms with Crippen molar-refractivity contribution in [3.8, 4) is 11.4 Å². The number of ether oxygens (including phenoxy) is 1. The van der Waals surface area contributed by atoms with Crippen LogP contribution in [0.4, 0.5) is 5.82 Å². The van der Waals surface area contributed by atoms with Crippen LogP contribution in [0.3, 0.4) is 0 Å². The van der Waals surface area contributed by atoms with E-state index in [0.717, 1.165) is 11.1 Å². The summed E-state index contributed by atoms with van der Waals surface area (Å²) in [6, 6.07) is 7.76. The molecule has 2 N–H and O–H groups in total. The molecule has 0 aliphatic rings. The predicted molar refractivity (Wildman–Crippen MR) is 77.3 cm³/mol. The second kappa shape index (κ2) is 5.69. The van der Waals surface area contributed by atoms with Crippen molar-refractivity contribution in [2.24, 2.45) is 0 Å². The number of hydrogen-bond donors (Lipinski definition) is 1. The van der Waals surface area contributed by atoms with E-state index in [0.29, 0.717) is 11.5 Å². The minimum Gasteiger partial charge on any atom is -0.462 e. The number of carbonyl (C=O) groups excluding carboxylic acids is 1. The number of esters is 1. The topological polar surface area (TPSA) is 78.1 Å². The van der Waals surface area contributed by atoms with Crippen LogP contribution in [0.25, 0.3) is 11.4 Å². The summed E-state index contributed by atoms with van der Waals surface area (Å²) in [5.74, 6) is 0.180. The van der Waals surface area contributed by atoms with Gasteiger partial charge in [0.05, 0.1) is 12.3 Å². The van der Waals surface area contributed by atoms with E-state index in [-0.39, 0.29) is 18.0 Å². The summed E-state index contributed by atoms with van der Waals surface area (Å²) < 4.78 is 4.96. The average Bonchev–Trinajstić information content (AvgIpc) is 2.38. The summed E-state index contributed by atoms with van der Waals surface area (Å²) in [5.41, 5.74) is 8.60. The first-order valence-electron chi connectivity index (χ1n) is 6.41. The van der Waals surface area contributed by atoms with E-state index in [1.807, 2.05) is 31.2 Å². The Balaban J connectivity index is 2.51. The molecule has 0 unspecified atom stereocenters. The van der Waals surface area contributed by atoms with Crippen molar-refractivity contribution in [3.05, 3.63) is 41.1 Å². The second-order valence-corrected chi connectivity index (χ2v) is 4.43. The first-order chi connectivity index (χ1) is 9.54. The molecule has 0 amide bonds. The number of nitrogens with two attached hydrogens (primary N) is 1. The van der Waals surface area contributed by atoms with Gasteiger partial charge in [-0.1, -0.05) is 24.3 Å². The van der Waals surface area contributed by atoms with Crippen LogP contribution >= 0.6 is 0 Å². The van der Waals surface area contributed by atoms with Crippen LogP contribution in [-0.4, -0.2) is 22.5 Å². The monoisotopic (exact) mass is 271 g/mol. The first kappa shape index (κ1) is 14.0. The standard InChI is InChI=1S/C15H17N3O2/c1-4-20-15(19)12-10(3)17-14(18-13(12)16)11-8-6-5-7-9(11)2/h5-8H,4H2,1-3H3,(H2,16,17,18). The van der Waals surface area contributed by atoms with Crippen LogP contribution in [0.5, 0.6) is 0 Å². The first-order valence-corrected chi connectivity index (χ1v) is 6.41. The van der Waals surface area contributed by atoms with E-state index in [1.54, 1.807) is 13.8 Å². The fourth-order valence-corrected chi connectivity index (χ4v) is 1.99. The molecular weight excluding hydrogens is 254 g/mol. The van der Waals surface area contributed by atoms with Crippen LogP contribution in [0.15, 0.2) is 24.3 Å². The van der Waals surface area contributed by atoms with Crippen LogP contribution in [-0.2, 0) is 4.74 Å². The summed E-state index contributed by atoms with van der Waals surface area (Å²) >= 11 is 0. The minimum atomic E-state index is -0.487. The summed E-state index contributed by atoms with van der Waals surface area (Å²) in [6.07, 6.45) is 0. The van der Waals surface area contributed by atoms with Crippen molar-refractivity contribution in [2.75, 3.05) is 12.3 Å². The Labute approximate surface area is 117 Å². The maximum absolute atomic E-state index is 11.8. The van der Waals surface area contributed by atoms with Crippen molar-refractivity contribution >= 4 is 11.8 Å². The number of benzene rings is 1. The zero-order chi connectivity index (χ0) is 14.7. The van der Waals surface area contributed by atoms with Gasteiger partial charge in [0.15, 0.2) is 5.82 Å². The SMILES string of the molecule is CCOC(=O)c1c(C)nc(-c2ccccc2C)nc1N. The highest BCUT2D eigenvalue weighted by molar-refractivity contribution is 5.95. The van der Waals surface area contributed by atoms with Gasteiger partial charge < -0.3 is 10.5 Å². The number of rotatable bonds is 3. The van der Waals surface area contributed by atoms with Gasteiger partial charge in [-0.05, 0) is 26.3 Å². The number of aryl methyl sites for hydroxylation is 2. The Hall–Kier alpha value is -2.43. The van der Waals surface area contributed by atoms with Crippen LogP contribution in [0.2, 0.25) is 0 Å². The predicted octanol–water partition coefficient (Wildman–Crippen LogP) is 2.52. The van der Waals surface area contributed by atoms with Gasteiger partial charge in [-0.15, -0.1) is 0 Å². The van der Waals surface area contributed by atoms with E-state index < -0.39 is 5.97 Å². The molecular formula is C15H17N3O2. The molecule has 2 rings (SSSR count). The van der Waals surface area contributed by atoms with Crippen LogP contribution in [0.1, 0.15) is 28.5 Å². The van der Waals surface area contributed by atoms with Gasteiger partial charge in [-0.2, -0.15) is 0 Å². The number of nitrogen functional groups attached to an aromatic ring is 1. The molecule has 0 saturated heterocycles. The summed E-state index contributed by atoms with van der Waals surface area (Å²) in [6.45, 7) is 5.73. The molecule has 5 nitrogen and oxygen atoms in total. The molecule has 5 heteroatoms. The zero-order valence-electron chi connectivity index (χ0n) is 11.8. The fourth-order valence-electron chi connectivity index (χ4n) is 1.99. The maximum Gasteiger partial charge on any atom is 0.343 e. The van der Waals surface area contributed by atoms with Crippen LogP contribution < -0.4 is 5.73 Å². The number of anilines is 1. The molecule has 0 atom stereocenters. The highest BCUT2D eigenvalue weighted by Gasteiger charge is 2.18. The van der Waals surface area contributed by atoms with E-state index in [1.165, 1.54) is 0 Å². The molecule has 20 heavy (non-hydrogen) atoms. The molecule has 1 aromatic carbocycles. The largest absolute Gasteiger partial charge is 0.462 e. The average molecular weight is 271 g/mol. The van der Waals surface area contributed by atoms with Crippen LogP contribution in [0, 0.1) is 13.8 Å². The quantitative estimate of drug-likeness (QED) is 0.868. The molecule has 1 heterocycles. The number of hydrogen-bond acceptors (Lipinski definition) is 5. The molecule has 0 bridgehead atoms. The Bertz CT molecular complexity index is 630. The second-order valence-electron chi connectivity index (χ2n) is 4.43. The lowest BCUT2D eigenvalue weighted by atomic mass is 10.1. The van der Waals surface area contributed by atoms with Gasteiger partial charge in [0, 0.05) is 5.56 Å². The van der Waals surface area contributed by atoms with Crippen molar-refractivity contribution in [1.29, 1.82) is 0 Å². The van der Waals surface area contributed by atoms with E-state index >= 15 is 0 Å². The molecule has 2 aromatic rings. The number of nitrogens with zero attached hydrogens (tertiary/aromatic N) is 2. The van der Waals surface area contributed by atoms with E-state index in [2.05, 4.69) is 9.97 Å². The highest BCUT2D eigenvalue weighted by Crippen LogP contribution is 2.23. The Morgan fingerprint density at radius 3 is 2.55 bits per heavy atom. The van der Waals surface area contributed by atoms with Gasteiger partial charge in [-0.25, -0.2) is 14.8 Å². The molecule has 0 saturated carbocycles. The number of aromatic nitrogens is 2. The lowest BCUT2D eigenvalue weighted by Crippen LogP contribution is -2.13. The lowest BCUT2D eigenvalue weighted by Gasteiger charge is -2.10. The fraction of sp³-hybridized carbons (Fsp3) is 0.267. The van der Waals surface area contributed by atoms with E-state index in [4.69, 9.17) is 10.5 Å².